The minimum atomic E-state index is -4.94. The third-order valence-corrected chi connectivity index (χ3v) is 16.5. The smallest absolute Gasteiger partial charge is 0.462 e. The molecule has 492 valence electrons. The van der Waals surface area contributed by atoms with E-state index in [9.17, 15) is 43.2 Å². The number of hydrogen-bond acceptors (Lipinski definition) is 15. The quantitative estimate of drug-likeness (QED) is 0.0222. The molecule has 0 amide bonds. The molecule has 0 aliphatic carbocycles. The Morgan fingerprint density at radius 2 is 0.554 bits per heavy atom. The second kappa shape index (κ2) is 55.4. The van der Waals surface area contributed by atoms with Crippen LogP contribution >= 0.6 is 15.6 Å². The zero-order valence-electron chi connectivity index (χ0n) is 53.6. The number of unbranched alkanes of at least 4 members (excludes halogenated alkanes) is 30. The molecule has 2 unspecified atom stereocenters. The zero-order chi connectivity index (χ0) is 61.7. The Labute approximate surface area is 505 Å². The molecule has 0 saturated heterocycles. The van der Waals surface area contributed by atoms with Gasteiger partial charge in [0.05, 0.1) is 26.4 Å². The number of aliphatic hydroxyl groups excluding tert-OH is 1. The number of ether oxygens (including phenoxy) is 4. The lowest BCUT2D eigenvalue weighted by molar-refractivity contribution is -0.161. The number of rotatable bonds is 62. The average Bonchev–Trinajstić information content (AvgIpc) is 3.44. The van der Waals surface area contributed by atoms with Crippen LogP contribution in [0.25, 0.3) is 0 Å². The summed E-state index contributed by atoms with van der Waals surface area (Å²) in [6.07, 6.45) is 36.3. The van der Waals surface area contributed by atoms with Gasteiger partial charge in [-0.05, 0) is 43.4 Å². The van der Waals surface area contributed by atoms with Gasteiger partial charge in [0, 0.05) is 25.7 Å². The SMILES string of the molecule is CCCCCCCCCCCCCC(=O)OC[C@H](COP(=O)(O)OC[C@@H](O)COP(=O)(O)OC[C@@H](COC(=O)CCCCCCCCCC(C)C)OC(=O)CCCCCCCCCC(C)C)OC(=O)CCCCCCCCCCCC(C)C. The van der Waals surface area contributed by atoms with Gasteiger partial charge in [0.25, 0.3) is 0 Å². The number of carbonyl (C=O) groups excluding carboxylic acids is 4. The fourth-order valence-electron chi connectivity index (χ4n) is 9.48. The van der Waals surface area contributed by atoms with Gasteiger partial charge in [0.15, 0.2) is 12.2 Å². The highest BCUT2D eigenvalue weighted by molar-refractivity contribution is 7.47. The van der Waals surface area contributed by atoms with Gasteiger partial charge in [-0.25, -0.2) is 9.13 Å². The topological polar surface area (TPSA) is 237 Å². The Morgan fingerprint density at radius 3 is 0.819 bits per heavy atom. The highest BCUT2D eigenvalue weighted by Crippen LogP contribution is 2.45. The van der Waals surface area contributed by atoms with Crippen molar-refractivity contribution in [1.29, 1.82) is 0 Å². The van der Waals surface area contributed by atoms with Gasteiger partial charge in [-0.1, -0.05) is 260 Å². The minimum absolute atomic E-state index is 0.102. The van der Waals surface area contributed by atoms with Crippen LogP contribution in [0.15, 0.2) is 0 Å². The van der Waals surface area contributed by atoms with E-state index in [1.807, 2.05) is 0 Å². The molecule has 0 heterocycles. The summed E-state index contributed by atoms with van der Waals surface area (Å²) in [5, 5.41) is 10.5. The molecule has 17 nitrogen and oxygen atoms in total. The van der Waals surface area contributed by atoms with E-state index >= 15 is 0 Å². The van der Waals surface area contributed by atoms with Gasteiger partial charge < -0.3 is 33.8 Å². The van der Waals surface area contributed by atoms with Crippen molar-refractivity contribution in [2.45, 2.75) is 330 Å². The number of esters is 4. The monoisotopic (exact) mass is 1230 g/mol. The van der Waals surface area contributed by atoms with Gasteiger partial charge in [-0.3, -0.25) is 37.3 Å². The van der Waals surface area contributed by atoms with E-state index in [-0.39, 0.29) is 25.7 Å². The summed E-state index contributed by atoms with van der Waals surface area (Å²) in [5.74, 6) is -0.000848. The van der Waals surface area contributed by atoms with Crippen LogP contribution in [0, 0.1) is 17.8 Å². The van der Waals surface area contributed by atoms with Crippen molar-refractivity contribution in [3.63, 3.8) is 0 Å². The third kappa shape index (κ3) is 58.8. The first-order valence-electron chi connectivity index (χ1n) is 33.3. The van der Waals surface area contributed by atoms with Gasteiger partial charge in [0.1, 0.15) is 19.3 Å². The molecule has 0 fully saturated rings. The minimum Gasteiger partial charge on any atom is -0.462 e. The summed E-state index contributed by atoms with van der Waals surface area (Å²) in [6.45, 7) is 11.6. The molecule has 0 aromatic carbocycles. The lowest BCUT2D eigenvalue weighted by Crippen LogP contribution is -2.30. The second-order valence-electron chi connectivity index (χ2n) is 24.6. The van der Waals surface area contributed by atoms with Crippen molar-refractivity contribution >= 4 is 39.5 Å². The molecule has 0 bridgehead atoms. The standard InChI is InChI=1S/C64H124O17P2/c1-8-9-10-11-12-13-14-17-24-31-38-45-61(66)74-51-59(80-63(68)47-40-33-25-18-15-16-21-28-35-42-55(2)3)53-78-82(70,71)76-49-58(65)50-77-83(72,73)79-54-60(81-64(69)48-41-34-27-20-23-30-37-44-57(6)7)52-75-62(67)46-39-32-26-19-22-29-36-43-56(4)5/h55-60,65H,8-54H2,1-7H3,(H,70,71)(H,72,73)/t58-,59-,60-/m1/s1. The first-order valence-corrected chi connectivity index (χ1v) is 36.3. The van der Waals surface area contributed by atoms with Crippen LogP contribution in [-0.2, 0) is 65.4 Å². The Bertz CT molecular complexity index is 1650. The van der Waals surface area contributed by atoms with Gasteiger partial charge in [0.2, 0.25) is 0 Å². The fraction of sp³-hybridized carbons (Fsp3) is 0.938. The molecule has 0 aromatic heterocycles. The highest BCUT2D eigenvalue weighted by Gasteiger charge is 2.30. The van der Waals surface area contributed by atoms with E-state index in [1.165, 1.54) is 116 Å². The van der Waals surface area contributed by atoms with Crippen LogP contribution in [0.2, 0.25) is 0 Å². The molecule has 0 aromatic rings. The molecule has 19 heteroatoms. The zero-order valence-corrected chi connectivity index (χ0v) is 55.4. The first-order chi connectivity index (χ1) is 39.7. The number of aliphatic hydroxyl groups is 1. The van der Waals surface area contributed by atoms with E-state index < -0.39 is 97.5 Å². The van der Waals surface area contributed by atoms with E-state index in [0.29, 0.717) is 37.5 Å². The van der Waals surface area contributed by atoms with E-state index in [0.717, 1.165) is 102 Å². The third-order valence-electron chi connectivity index (χ3n) is 14.6. The average molecular weight is 1230 g/mol. The molecule has 0 saturated carbocycles. The number of phosphoric acid groups is 2. The molecule has 0 spiro atoms. The Morgan fingerprint density at radius 1 is 0.325 bits per heavy atom. The molecule has 0 aliphatic rings. The maximum Gasteiger partial charge on any atom is 0.472 e. The largest absolute Gasteiger partial charge is 0.472 e. The van der Waals surface area contributed by atoms with E-state index in [2.05, 4.69) is 48.5 Å². The summed E-state index contributed by atoms with van der Waals surface area (Å²) >= 11 is 0. The summed E-state index contributed by atoms with van der Waals surface area (Å²) in [4.78, 5) is 72.2. The maximum atomic E-state index is 13.0. The first kappa shape index (κ1) is 81.1. The Hall–Kier alpha value is -1.94. The van der Waals surface area contributed by atoms with Gasteiger partial charge in [-0.2, -0.15) is 0 Å². The normalized spacial score (nSPS) is 14.4. The van der Waals surface area contributed by atoms with E-state index in [1.54, 1.807) is 0 Å². The summed E-state index contributed by atoms with van der Waals surface area (Å²) in [6, 6.07) is 0. The van der Waals surface area contributed by atoms with E-state index in [4.69, 9.17) is 37.0 Å². The van der Waals surface area contributed by atoms with Crippen molar-refractivity contribution in [3.05, 3.63) is 0 Å². The summed E-state index contributed by atoms with van der Waals surface area (Å²) in [7, 11) is -9.89. The number of phosphoric ester groups is 2. The summed E-state index contributed by atoms with van der Waals surface area (Å²) in [5.41, 5.74) is 0. The number of hydrogen-bond donors (Lipinski definition) is 3. The van der Waals surface area contributed by atoms with Crippen LogP contribution in [0.3, 0.4) is 0 Å². The molecule has 5 atom stereocenters. The van der Waals surface area contributed by atoms with Crippen molar-refractivity contribution in [1.82, 2.24) is 0 Å². The van der Waals surface area contributed by atoms with Crippen molar-refractivity contribution < 1.29 is 80.2 Å². The van der Waals surface area contributed by atoms with Gasteiger partial charge >= 0.3 is 39.5 Å². The molecule has 0 aliphatic heterocycles. The molecular formula is C64H124O17P2. The fourth-order valence-corrected chi connectivity index (χ4v) is 11.1. The van der Waals surface area contributed by atoms with Crippen LogP contribution in [0.5, 0.6) is 0 Å². The predicted octanol–water partition coefficient (Wildman–Crippen LogP) is 17.5. The molecule has 3 N–H and O–H groups in total. The molecule has 83 heavy (non-hydrogen) atoms. The van der Waals surface area contributed by atoms with Crippen molar-refractivity contribution in [2.75, 3.05) is 39.6 Å². The Kier molecular flexibility index (Phi) is 54.1. The highest BCUT2D eigenvalue weighted by atomic mass is 31.2. The van der Waals surface area contributed by atoms with Crippen LogP contribution < -0.4 is 0 Å². The number of carbonyl (C=O) groups is 4. The maximum absolute atomic E-state index is 13.0. The summed E-state index contributed by atoms with van der Waals surface area (Å²) < 4.78 is 68.0. The lowest BCUT2D eigenvalue weighted by Gasteiger charge is -2.21. The Balaban J connectivity index is 5.25. The van der Waals surface area contributed by atoms with Crippen molar-refractivity contribution in [3.8, 4) is 0 Å². The molecule has 0 rings (SSSR count). The predicted molar refractivity (Wildman–Crippen MR) is 331 cm³/mol. The molecule has 0 radical (unpaired) electrons. The second-order valence-corrected chi connectivity index (χ2v) is 27.5. The van der Waals surface area contributed by atoms with Gasteiger partial charge in [-0.15, -0.1) is 0 Å². The van der Waals surface area contributed by atoms with Crippen molar-refractivity contribution in [2.24, 2.45) is 17.8 Å². The van der Waals surface area contributed by atoms with Crippen LogP contribution in [0.4, 0.5) is 0 Å². The lowest BCUT2D eigenvalue weighted by atomic mass is 10.0. The molecular weight excluding hydrogens is 1100 g/mol. The van der Waals surface area contributed by atoms with Crippen LogP contribution in [-0.4, -0.2) is 96.7 Å². The van der Waals surface area contributed by atoms with Crippen LogP contribution in [0.1, 0.15) is 312 Å².